The average molecular weight is 461 g/mol. The molecule has 0 bridgehead atoms. The number of carbonyl (C=O) groups excluding carboxylic acids is 1. The average Bonchev–Trinajstić information content (AvgIpc) is 3.25. The van der Waals surface area contributed by atoms with Crippen molar-refractivity contribution >= 4 is 44.7 Å². The lowest BCUT2D eigenvalue weighted by atomic mass is 9.95. The number of hydrogen-bond acceptors (Lipinski definition) is 5. The predicted octanol–water partition coefficient (Wildman–Crippen LogP) is 4.96. The number of anilines is 2. The maximum absolute atomic E-state index is 13.9. The molecule has 0 saturated carbocycles. The van der Waals surface area contributed by atoms with Crippen LogP contribution >= 0.6 is 27.3 Å². The van der Waals surface area contributed by atoms with Gasteiger partial charge in [-0.2, -0.15) is 0 Å². The molecular weight excluding hydrogens is 443 g/mol. The third-order valence-electron chi connectivity index (χ3n) is 4.80. The quantitative estimate of drug-likeness (QED) is 0.597. The molecule has 1 aliphatic heterocycles. The van der Waals surface area contributed by atoms with E-state index in [0.29, 0.717) is 30.4 Å². The summed E-state index contributed by atoms with van der Waals surface area (Å²) in [5.74, 6) is 0.0945. The highest BCUT2D eigenvalue weighted by Crippen LogP contribution is 2.27. The first-order valence-corrected chi connectivity index (χ1v) is 10.7. The van der Waals surface area contributed by atoms with Gasteiger partial charge in [0, 0.05) is 23.5 Å². The standard InChI is InChI=1S/C20H18BrFN4OS/c21-14-3-4-16(15(22)12-14)23-20(27)13-7-9-26(10-8-13)19-6-5-17(24-25-19)18-2-1-11-28-18/h1-6,11-13H,7-10H2,(H,23,27). The van der Waals surface area contributed by atoms with Gasteiger partial charge < -0.3 is 10.2 Å². The molecule has 0 aliphatic carbocycles. The lowest BCUT2D eigenvalue weighted by molar-refractivity contribution is -0.120. The van der Waals surface area contributed by atoms with E-state index in [2.05, 4.69) is 36.3 Å². The first-order chi connectivity index (χ1) is 13.6. The van der Waals surface area contributed by atoms with Crippen LogP contribution in [0.1, 0.15) is 12.8 Å². The van der Waals surface area contributed by atoms with Crippen molar-refractivity contribution in [2.24, 2.45) is 5.92 Å². The Morgan fingerprint density at radius 3 is 2.64 bits per heavy atom. The Labute approximate surface area is 174 Å². The number of piperidine rings is 1. The van der Waals surface area contributed by atoms with E-state index in [4.69, 9.17) is 0 Å². The third kappa shape index (κ3) is 4.23. The van der Waals surface area contributed by atoms with Crippen LogP contribution in [0.5, 0.6) is 0 Å². The highest BCUT2D eigenvalue weighted by Gasteiger charge is 2.26. The van der Waals surface area contributed by atoms with Crippen LogP contribution in [-0.2, 0) is 4.79 Å². The van der Waals surface area contributed by atoms with E-state index in [1.54, 1.807) is 23.5 Å². The molecule has 1 aromatic carbocycles. The fourth-order valence-corrected chi connectivity index (χ4v) is 4.27. The zero-order valence-electron chi connectivity index (χ0n) is 14.9. The number of nitrogens with one attached hydrogen (secondary N) is 1. The molecule has 3 heterocycles. The molecule has 3 aromatic rings. The maximum atomic E-state index is 13.9. The van der Waals surface area contributed by atoms with Gasteiger partial charge in [0.25, 0.3) is 0 Å². The number of thiophene rings is 1. The highest BCUT2D eigenvalue weighted by molar-refractivity contribution is 9.10. The SMILES string of the molecule is O=C(Nc1ccc(Br)cc1F)C1CCN(c2ccc(-c3cccs3)nn2)CC1. The largest absolute Gasteiger partial charge is 0.355 e. The number of nitrogens with zero attached hydrogens (tertiary/aromatic N) is 3. The van der Waals surface area contributed by atoms with Gasteiger partial charge >= 0.3 is 0 Å². The van der Waals surface area contributed by atoms with E-state index in [1.165, 1.54) is 6.07 Å². The zero-order chi connectivity index (χ0) is 19.5. The van der Waals surface area contributed by atoms with Gasteiger partial charge in [0.05, 0.1) is 10.6 Å². The van der Waals surface area contributed by atoms with Gasteiger partial charge in [-0.3, -0.25) is 4.79 Å². The van der Waals surface area contributed by atoms with Crippen LogP contribution in [0.2, 0.25) is 0 Å². The van der Waals surface area contributed by atoms with Crippen molar-refractivity contribution in [1.29, 1.82) is 0 Å². The van der Waals surface area contributed by atoms with Crippen LogP contribution in [0.15, 0.2) is 52.3 Å². The second-order valence-corrected chi connectivity index (χ2v) is 8.49. The van der Waals surface area contributed by atoms with Crippen molar-refractivity contribution in [3.8, 4) is 10.6 Å². The second kappa shape index (κ2) is 8.36. The Bertz CT molecular complexity index is 957. The molecule has 1 fully saturated rings. The van der Waals surface area contributed by atoms with E-state index in [9.17, 15) is 9.18 Å². The Morgan fingerprint density at radius 2 is 2.00 bits per heavy atom. The van der Waals surface area contributed by atoms with Gasteiger partial charge in [-0.1, -0.05) is 22.0 Å². The summed E-state index contributed by atoms with van der Waals surface area (Å²) in [6.45, 7) is 1.43. The van der Waals surface area contributed by atoms with Gasteiger partial charge in [0.2, 0.25) is 5.91 Å². The van der Waals surface area contributed by atoms with E-state index in [-0.39, 0.29) is 17.5 Å². The Hall–Kier alpha value is -2.32. The number of halogens is 2. The summed E-state index contributed by atoms with van der Waals surface area (Å²) in [6, 6.07) is 12.6. The Morgan fingerprint density at radius 1 is 1.18 bits per heavy atom. The van der Waals surface area contributed by atoms with Crippen molar-refractivity contribution in [2.75, 3.05) is 23.3 Å². The molecule has 8 heteroatoms. The molecule has 0 atom stereocenters. The Kier molecular flexibility index (Phi) is 5.68. The number of rotatable bonds is 4. The Balaban J connectivity index is 1.34. The summed E-state index contributed by atoms with van der Waals surface area (Å²) in [4.78, 5) is 15.7. The minimum absolute atomic E-state index is 0.139. The summed E-state index contributed by atoms with van der Waals surface area (Å²) < 4.78 is 14.6. The number of hydrogen-bond donors (Lipinski definition) is 1. The van der Waals surface area contributed by atoms with Gasteiger partial charge in [0.15, 0.2) is 5.82 Å². The minimum atomic E-state index is -0.443. The molecule has 2 aromatic heterocycles. The van der Waals surface area contributed by atoms with Crippen molar-refractivity contribution in [1.82, 2.24) is 10.2 Å². The molecule has 5 nitrogen and oxygen atoms in total. The van der Waals surface area contributed by atoms with E-state index >= 15 is 0 Å². The monoisotopic (exact) mass is 460 g/mol. The van der Waals surface area contributed by atoms with Gasteiger partial charge in [-0.25, -0.2) is 4.39 Å². The van der Waals surface area contributed by atoms with Crippen LogP contribution in [0.3, 0.4) is 0 Å². The molecule has 1 saturated heterocycles. The fraction of sp³-hybridized carbons (Fsp3) is 0.250. The van der Waals surface area contributed by atoms with Gasteiger partial charge in [-0.05, 0) is 54.6 Å². The zero-order valence-corrected chi connectivity index (χ0v) is 17.3. The van der Waals surface area contributed by atoms with Crippen LogP contribution in [0.25, 0.3) is 10.6 Å². The molecule has 4 rings (SSSR count). The van der Waals surface area contributed by atoms with Crippen molar-refractivity contribution in [2.45, 2.75) is 12.8 Å². The third-order valence-corrected chi connectivity index (χ3v) is 6.19. The lowest BCUT2D eigenvalue weighted by Crippen LogP contribution is -2.38. The molecule has 0 radical (unpaired) electrons. The van der Waals surface area contributed by atoms with Crippen LogP contribution < -0.4 is 10.2 Å². The number of benzene rings is 1. The highest BCUT2D eigenvalue weighted by atomic mass is 79.9. The molecular formula is C20H18BrFN4OS. The van der Waals surface area contributed by atoms with Gasteiger partial charge in [0.1, 0.15) is 11.5 Å². The predicted molar refractivity (Wildman–Crippen MR) is 113 cm³/mol. The van der Waals surface area contributed by atoms with Crippen molar-refractivity contribution in [3.63, 3.8) is 0 Å². The summed E-state index contributed by atoms with van der Waals surface area (Å²) in [5, 5.41) is 13.4. The van der Waals surface area contributed by atoms with Crippen LogP contribution in [0, 0.1) is 11.7 Å². The fourth-order valence-electron chi connectivity index (χ4n) is 3.25. The van der Waals surface area contributed by atoms with Crippen LogP contribution in [-0.4, -0.2) is 29.2 Å². The van der Waals surface area contributed by atoms with E-state index in [0.717, 1.165) is 16.4 Å². The van der Waals surface area contributed by atoms with Gasteiger partial charge in [-0.15, -0.1) is 21.5 Å². The molecule has 0 unspecified atom stereocenters. The molecule has 144 valence electrons. The normalized spacial score (nSPS) is 14.9. The number of carbonyl (C=O) groups is 1. The summed E-state index contributed by atoms with van der Waals surface area (Å²) in [5.41, 5.74) is 1.08. The second-order valence-electron chi connectivity index (χ2n) is 6.63. The van der Waals surface area contributed by atoms with Crippen molar-refractivity contribution < 1.29 is 9.18 Å². The molecule has 1 N–H and O–H groups in total. The first-order valence-electron chi connectivity index (χ1n) is 8.98. The lowest BCUT2D eigenvalue weighted by Gasteiger charge is -2.31. The molecule has 1 amide bonds. The van der Waals surface area contributed by atoms with Crippen molar-refractivity contribution in [3.05, 3.63) is 58.1 Å². The molecule has 0 spiro atoms. The van der Waals surface area contributed by atoms with Crippen LogP contribution in [0.4, 0.5) is 15.9 Å². The van der Waals surface area contributed by atoms with E-state index in [1.807, 2.05) is 29.6 Å². The minimum Gasteiger partial charge on any atom is -0.355 e. The first kappa shape index (κ1) is 19.0. The topological polar surface area (TPSA) is 58.1 Å². The summed E-state index contributed by atoms with van der Waals surface area (Å²) in [7, 11) is 0. The van der Waals surface area contributed by atoms with E-state index < -0.39 is 5.82 Å². The number of aromatic nitrogens is 2. The maximum Gasteiger partial charge on any atom is 0.227 e. The molecule has 1 aliphatic rings. The summed E-state index contributed by atoms with van der Waals surface area (Å²) in [6.07, 6.45) is 1.39. The molecule has 28 heavy (non-hydrogen) atoms. The number of amides is 1. The smallest absolute Gasteiger partial charge is 0.227 e. The summed E-state index contributed by atoms with van der Waals surface area (Å²) >= 11 is 4.85.